The SMILES string of the molecule is CCC(N)Cc1cc(OC)c(I)cc1OC. The molecule has 0 saturated heterocycles. The summed E-state index contributed by atoms with van der Waals surface area (Å²) in [5, 5.41) is 0. The summed E-state index contributed by atoms with van der Waals surface area (Å²) in [6.45, 7) is 2.08. The summed E-state index contributed by atoms with van der Waals surface area (Å²) in [5.41, 5.74) is 7.07. The second-order valence-electron chi connectivity index (χ2n) is 3.67. The summed E-state index contributed by atoms with van der Waals surface area (Å²) in [6, 6.07) is 4.16. The Labute approximate surface area is 110 Å². The smallest absolute Gasteiger partial charge is 0.132 e. The molecule has 0 fully saturated rings. The molecular weight excluding hydrogens is 317 g/mol. The topological polar surface area (TPSA) is 44.5 Å². The lowest BCUT2D eigenvalue weighted by atomic mass is 10.0. The van der Waals surface area contributed by atoms with Gasteiger partial charge >= 0.3 is 0 Å². The largest absolute Gasteiger partial charge is 0.496 e. The van der Waals surface area contributed by atoms with Crippen LogP contribution in [0.2, 0.25) is 0 Å². The predicted molar refractivity (Wildman–Crippen MR) is 74.2 cm³/mol. The third-order valence-corrected chi connectivity index (χ3v) is 3.40. The number of hydrogen-bond acceptors (Lipinski definition) is 3. The molecule has 0 amide bonds. The second-order valence-corrected chi connectivity index (χ2v) is 4.83. The van der Waals surface area contributed by atoms with Crippen LogP contribution in [-0.4, -0.2) is 20.3 Å². The summed E-state index contributed by atoms with van der Waals surface area (Å²) in [6.07, 6.45) is 1.77. The molecule has 1 atom stereocenters. The van der Waals surface area contributed by atoms with Gasteiger partial charge in [0.15, 0.2) is 0 Å². The Bertz CT molecular complexity index is 355. The Morgan fingerprint density at radius 2 is 1.88 bits per heavy atom. The zero-order chi connectivity index (χ0) is 12.1. The highest BCUT2D eigenvalue weighted by molar-refractivity contribution is 14.1. The van der Waals surface area contributed by atoms with Crippen LogP contribution < -0.4 is 15.2 Å². The highest BCUT2D eigenvalue weighted by atomic mass is 127. The van der Waals surface area contributed by atoms with Gasteiger partial charge in [0.25, 0.3) is 0 Å². The van der Waals surface area contributed by atoms with E-state index in [1.165, 1.54) is 0 Å². The van der Waals surface area contributed by atoms with Gasteiger partial charge in [-0.3, -0.25) is 0 Å². The van der Waals surface area contributed by atoms with Crippen molar-refractivity contribution in [3.63, 3.8) is 0 Å². The van der Waals surface area contributed by atoms with E-state index in [-0.39, 0.29) is 6.04 Å². The number of ether oxygens (including phenoxy) is 2. The highest BCUT2D eigenvalue weighted by Gasteiger charge is 2.11. The Hall–Kier alpha value is -0.490. The predicted octanol–water partition coefficient (Wildman–Crippen LogP) is 2.59. The van der Waals surface area contributed by atoms with E-state index in [9.17, 15) is 0 Å². The number of rotatable bonds is 5. The van der Waals surface area contributed by atoms with Gasteiger partial charge in [0.2, 0.25) is 0 Å². The molecule has 16 heavy (non-hydrogen) atoms. The lowest BCUT2D eigenvalue weighted by Gasteiger charge is -2.15. The Morgan fingerprint density at radius 1 is 1.25 bits per heavy atom. The molecule has 0 radical (unpaired) electrons. The Morgan fingerprint density at radius 3 is 2.38 bits per heavy atom. The molecule has 0 aromatic heterocycles. The van der Waals surface area contributed by atoms with Gasteiger partial charge in [0, 0.05) is 6.04 Å². The molecule has 4 heteroatoms. The van der Waals surface area contributed by atoms with Gasteiger partial charge in [-0.05, 0) is 53.1 Å². The van der Waals surface area contributed by atoms with Crippen LogP contribution in [0.15, 0.2) is 12.1 Å². The normalized spacial score (nSPS) is 12.3. The van der Waals surface area contributed by atoms with E-state index in [1.807, 2.05) is 12.1 Å². The molecule has 0 spiro atoms. The monoisotopic (exact) mass is 335 g/mol. The fourth-order valence-electron chi connectivity index (χ4n) is 1.51. The summed E-state index contributed by atoms with van der Waals surface area (Å²) >= 11 is 2.23. The molecule has 1 aromatic rings. The minimum atomic E-state index is 0.165. The minimum Gasteiger partial charge on any atom is -0.496 e. The number of benzene rings is 1. The van der Waals surface area contributed by atoms with Crippen LogP contribution in [0.3, 0.4) is 0 Å². The molecule has 0 aliphatic rings. The van der Waals surface area contributed by atoms with Crippen molar-refractivity contribution in [3.05, 3.63) is 21.3 Å². The number of nitrogens with two attached hydrogens (primary N) is 1. The fourth-order valence-corrected chi connectivity index (χ4v) is 2.17. The van der Waals surface area contributed by atoms with Gasteiger partial charge in [-0.2, -0.15) is 0 Å². The quantitative estimate of drug-likeness (QED) is 0.842. The average Bonchev–Trinajstić information content (AvgIpc) is 2.30. The van der Waals surface area contributed by atoms with Crippen molar-refractivity contribution in [3.8, 4) is 11.5 Å². The molecular formula is C12H18INO2. The summed E-state index contributed by atoms with van der Waals surface area (Å²) in [7, 11) is 3.35. The van der Waals surface area contributed by atoms with Gasteiger partial charge in [-0.25, -0.2) is 0 Å². The zero-order valence-corrected chi connectivity index (χ0v) is 12.1. The van der Waals surface area contributed by atoms with Crippen molar-refractivity contribution >= 4 is 22.6 Å². The average molecular weight is 335 g/mol. The molecule has 0 saturated carbocycles. The van der Waals surface area contributed by atoms with Gasteiger partial charge < -0.3 is 15.2 Å². The lowest BCUT2D eigenvalue weighted by Crippen LogP contribution is -2.21. The van der Waals surface area contributed by atoms with Crippen LogP contribution in [0.5, 0.6) is 11.5 Å². The molecule has 2 N–H and O–H groups in total. The molecule has 0 bridgehead atoms. The van der Waals surface area contributed by atoms with Crippen LogP contribution in [0.25, 0.3) is 0 Å². The third kappa shape index (κ3) is 3.25. The van der Waals surface area contributed by atoms with E-state index in [0.29, 0.717) is 0 Å². The van der Waals surface area contributed by atoms with Gasteiger partial charge in [0.1, 0.15) is 11.5 Å². The van der Waals surface area contributed by atoms with Crippen LogP contribution in [0.4, 0.5) is 0 Å². The lowest BCUT2D eigenvalue weighted by molar-refractivity contribution is 0.394. The summed E-state index contributed by atoms with van der Waals surface area (Å²) in [4.78, 5) is 0. The Kier molecular flexibility index (Phi) is 5.34. The number of hydrogen-bond donors (Lipinski definition) is 1. The van der Waals surface area contributed by atoms with Crippen molar-refractivity contribution in [1.82, 2.24) is 0 Å². The van der Waals surface area contributed by atoms with Gasteiger partial charge in [0.05, 0.1) is 17.8 Å². The van der Waals surface area contributed by atoms with Crippen LogP contribution >= 0.6 is 22.6 Å². The van der Waals surface area contributed by atoms with E-state index >= 15 is 0 Å². The van der Waals surface area contributed by atoms with Gasteiger partial charge in [-0.15, -0.1) is 0 Å². The maximum absolute atomic E-state index is 5.96. The molecule has 1 unspecified atom stereocenters. The zero-order valence-electron chi connectivity index (χ0n) is 9.92. The second kappa shape index (κ2) is 6.30. The van der Waals surface area contributed by atoms with E-state index < -0.39 is 0 Å². The van der Waals surface area contributed by atoms with Crippen molar-refractivity contribution < 1.29 is 9.47 Å². The summed E-state index contributed by atoms with van der Waals surface area (Å²) < 4.78 is 11.7. The third-order valence-electron chi connectivity index (χ3n) is 2.56. The Balaban J connectivity index is 3.04. The van der Waals surface area contributed by atoms with Crippen molar-refractivity contribution in [1.29, 1.82) is 0 Å². The van der Waals surface area contributed by atoms with Crippen LogP contribution in [0, 0.1) is 3.57 Å². The standard InChI is InChI=1S/C12H18INO2/c1-4-9(14)5-8-6-12(16-3)10(13)7-11(8)15-2/h6-7,9H,4-5,14H2,1-3H3. The molecule has 0 heterocycles. The van der Waals surface area contributed by atoms with E-state index in [4.69, 9.17) is 15.2 Å². The molecule has 0 aliphatic heterocycles. The molecule has 0 aliphatic carbocycles. The molecule has 1 aromatic carbocycles. The van der Waals surface area contributed by atoms with E-state index in [0.717, 1.165) is 33.5 Å². The molecule has 3 nitrogen and oxygen atoms in total. The van der Waals surface area contributed by atoms with Crippen LogP contribution in [0.1, 0.15) is 18.9 Å². The minimum absolute atomic E-state index is 0.165. The van der Waals surface area contributed by atoms with Crippen molar-refractivity contribution in [2.75, 3.05) is 14.2 Å². The first-order valence-corrected chi connectivity index (χ1v) is 6.36. The van der Waals surface area contributed by atoms with Crippen molar-refractivity contribution in [2.45, 2.75) is 25.8 Å². The maximum atomic E-state index is 5.96. The first-order valence-electron chi connectivity index (χ1n) is 5.28. The molecule has 1 rings (SSSR count). The van der Waals surface area contributed by atoms with E-state index in [2.05, 4.69) is 29.5 Å². The first kappa shape index (κ1) is 13.6. The van der Waals surface area contributed by atoms with Crippen LogP contribution in [-0.2, 0) is 6.42 Å². The molecule has 90 valence electrons. The highest BCUT2D eigenvalue weighted by Crippen LogP contribution is 2.30. The summed E-state index contributed by atoms with van der Waals surface area (Å²) in [5.74, 6) is 1.76. The van der Waals surface area contributed by atoms with Gasteiger partial charge in [-0.1, -0.05) is 6.92 Å². The van der Waals surface area contributed by atoms with Crippen molar-refractivity contribution in [2.24, 2.45) is 5.73 Å². The first-order chi connectivity index (χ1) is 7.62. The number of halogens is 1. The fraction of sp³-hybridized carbons (Fsp3) is 0.500. The van der Waals surface area contributed by atoms with E-state index in [1.54, 1.807) is 14.2 Å². The number of methoxy groups -OCH3 is 2. The maximum Gasteiger partial charge on any atom is 0.132 e.